The molecule has 0 aliphatic carbocycles. The molecule has 138 valence electrons. The molecule has 4 nitrogen and oxygen atoms in total. The summed E-state index contributed by atoms with van der Waals surface area (Å²) in [5.41, 5.74) is 2.12. The van der Waals surface area contributed by atoms with E-state index >= 15 is 0 Å². The zero-order chi connectivity index (χ0) is 17.4. The van der Waals surface area contributed by atoms with Gasteiger partial charge in [0.2, 0.25) is 0 Å². The lowest BCUT2D eigenvalue weighted by molar-refractivity contribution is 0.238. The van der Waals surface area contributed by atoms with Crippen molar-refractivity contribution in [1.82, 2.24) is 5.32 Å². The first-order valence-electron chi connectivity index (χ1n) is 8.04. The van der Waals surface area contributed by atoms with Crippen molar-refractivity contribution in [2.24, 2.45) is 0 Å². The Labute approximate surface area is 160 Å². The van der Waals surface area contributed by atoms with Gasteiger partial charge in [-0.3, -0.25) is 0 Å². The van der Waals surface area contributed by atoms with Gasteiger partial charge in [0.15, 0.2) is 11.5 Å². The summed E-state index contributed by atoms with van der Waals surface area (Å²) >= 11 is 5.88. The molecule has 1 unspecified atom stereocenters. The average molecular weight is 386 g/mol. The van der Waals surface area contributed by atoms with E-state index in [4.69, 9.17) is 21.1 Å². The molecule has 2 rings (SSSR count). The van der Waals surface area contributed by atoms with E-state index in [9.17, 15) is 5.11 Å². The highest BCUT2D eigenvalue weighted by molar-refractivity contribution is 6.30. The molecule has 0 saturated heterocycles. The smallest absolute Gasteiger partial charge is 0.161 e. The Morgan fingerprint density at radius 2 is 1.76 bits per heavy atom. The molecule has 0 fully saturated rings. The molecule has 6 heteroatoms. The molecular formula is C19H25Cl2NO3. The maximum absolute atomic E-state index is 9.23. The molecule has 0 heterocycles. The minimum atomic E-state index is 0. The topological polar surface area (TPSA) is 50.7 Å². The minimum absolute atomic E-state index is 0. The molecule has 0 aliphatic rings. The van der Waals surface area contributed by atoms with Crippen molar-refractivity contribution in [2.45, 2.75) is 32.5 Å². The summed E-state index contributed by atoms with van der Waals surface area (Å²) in [6.07, 6.45) is 0.885. The van der Waals surface area contributed by atoms with Crippen molar-refractivity contribution in [3.63, 3.8) is 0 Å². The van der Waals surface area contributed by atoms with Gasteiger partial charge in [-0.05, 0) is 41.8 Å². The number of hydrogen-bond acceptors (Lipinski definition) is 4. The number of hydrogen-bond donors (Lipinski definition) is 2. The Balaban J connectivity index is 0.00000312. The fourth-order valence-corrected chi connectivity index (χ4v) is 2.41. The highest BCUT2D eigenvalue weighted by Gasteiger charge is 2.08. The van der Waals surface area contributed by atoms with Gasteiger partial charge in [-0.2, -0.15) is 0 Å². The van der Waals surface area contributed by atoms with Crippen LogP contribution in [0.2, 0.25) is 5.02 Å². The first kappa shape index (κ1) is 21.6. The lowest BCUT2D eigenvalue weighted by Crippen LogP contribution is -2.31. The Morgan fingerprint density at radius 3 is 2.36 bits per heavy atom. The Bertz CT molecular complexity index is 631. The quantitative estimate of drug-likeness (QED) is 0.678. The van der Waals surface area contributed by atoms with Gasteiger partial charge in [-0.1, -0.05) is 36.7 Å². The van der Waals surface area contributed by atoms with Crippen LogP contribution in [0.4, 0.5) is 0 Å². The van der Waals surface area contributed by atoms with Gasteiger partial charge in [-0.15, -0.1) is 12.4 Å². The maximum Gasteiger partial charge on any atom is 0.161 e. The first-order chi connectivity index (χ1) is 11.7. The van der Waals surface area contributed by atoms with Gasteiger partial charge < -0.3 is 19.9 Å². The molecule has 2 aromatic rings. The number of ether oxygens (including phenoxy) is 2. The van der Waals surface area contributed by atoms with Crippen LogP contribution in [-0.4, -0.2) is 24.9 Å². The van der Waals surface area contributed by atoms with Crippen LogP contribution in [0.1, 0.15) is 24.5 Å². The number of halogens is 2. The lowest BCUT2D eigenvalue weighted by Gasteiger charge is -2.16. The van der Waals surface area contributed by atoms with Crippen molar-refractivity contribution in [3.8, 4) is 11.5 Å². The summed E-state index contributed by atoms with van der Waals surface area (Å²) in [5, 5.41) is 13.2. The summed E-state index contributed by atoms with van der Waals surface area (Å²) in [5.74, 6) is 1.39. The maximum atomic E-state index is 9.23. The third-order valence-corrected chi connectivity index (χ3v) is 4.10. The number of aliphatic hydroxyl groups is 1. The highest BCUT2D eigenvalue weighted by Crippen LogP contribution is 2.29. The van der Waals surface area contributed by atoms with Crippen LogP contribution in [0.15, 0.2) is 42.5 Å². The summed E-state index contributed by atoms with van der Waals surface area (Å²) in [6.45, 7) is 3.30. The standard InChI is InChI=1S/C19H24ClNO3.ClH/c1-3-17(12-22)21-11-15-6-9-18(19(10-15)23-2)24-13-14-4-7-16(20)8-5-14;/h4-10,17,21-22H,3,11-13H2,1-2H3;1H. The number of nitrogens with one attached hydrogen (secondary N) is 1. The molecule has 2 aromatic carbocycles. The van der Waals surface area contributed by atoms with Crippen LogP contribution in [-0.2, 0) is 13.2 Å². The monoisotopic (exact) mass is 385 g/mol. The van der Waals surface area contributed by atoms with E-state index in [1.54, 1.807) is 7.11 Å². The summed E-state index contributed by atoms with van der Waals surface area (Å²) in [6, 6.07) is 13.5. The van der Waals surface area contributed by atoms with Gasteiger partial charge in [0.1, 0.15) is 6.61 Å². The predicted molar refractivity (Wildman–Crippen MR) is 104 cm³/mol. The minimum Gasteiger partial charge on any atom is -0.493 e. The highest BCUT2D eigenvalue weighted by atomic mass is 35.5. The molecule has 0 amide bonds. The molecule has 1 atom stereocenters. The van der Waals surface area contributed by atoms with E-state index in [2.05, 4.69) is 5.32 Å². The first-order valence-corrected chi connectivity index (χ1v) is 8.42. The van der Waals surface area contributed by atoms with Gasteiger partial charge in [0, 0.05) is 17.6 Å². The Hall–Kier alpha value is -1.46. The fraction of sp³-hybridized carbons (Fsp3) is 0.368. The second-order valence-electron chi connectivity index (χ2n) is 5.57. The van der Waals surface area contributed by atoms with Crippen LogP contribution in [0.5, 0.6) is 11.5 Å². The van der Waals surface area contributed by atoms with E-state index in [1.807, 2.05) is 49.4 Å². The summed E-state index contributed by atoms with van der Waals surface area (Å²) in [7, 11) is 1.63. The van der Waals surface area contributed by atoms with Crippen molar-refractivity contribution < 1.29 is 14.6 Å². The van der Waals surface area contributed by atoms with E-state index in [0.29, 0.717) is 29.7 Å². The normalized spacial score (nSPS) is 11.5. The zero-order valence-electron chi connectivity index (χ0n) is 14.5. The van der Waals surface area contributed by atoms with Crippen molar-refractivity contribution in [1.29, 1.82) is 0 Å². The number of rotatable bonds is 9. The second-order valence-corrected chi connectivity index (χ2v) is 6.01. The van der Waals surface area contributed by atoms with Crippen LogP contribution in [0, 0.1) is 0 Å². The third-order valence-electron chi connectivity index (χ3n) is 3.84. The van der Waals surface area contributed by atoms with E-state index in [0.717, 1.165) is 17.5 Å². The van der Waals surface area contributed by atoms with Crippen LogP contribution >= 0.6 is 24.0 Å². The molecule has 0 aliphatic heterocycles. The largest absolute Gasteiger partial charge is 0.493 e. The molecule has 0 radical (unpaired) electrons. The Morgan fingerprint density at radius 1 is 1.08 bits per heavy atom. The van der Waals surface area contributed by atoms with Crippen molar-refractivity contribution in [2.75, 3.05) is 13.7 Å². The third kappa shape index (κ3) is 6.75. The van der Waals surface area contributed by atoms with Crippen LogP contribution < -0.4 is 14.8 Å². The molecule has 25 heavy (non-hydrogen) atoms. The van der Waals surface area contributed by atoms with Gasteiger partial charge in [0.25, 0.3) is 0 Å². The Kier molecular flexibility index (Phi) is 9.68. The number of benzene rings is 2. The molecule has 2 N–H and O–H groups in total. The lowest BCUT2D eigenvalue weighted by atomic mass is 10.1. The van der Waals surface area contributed by atoms with Crippen molar-refractivity contribution >= 4 is 24.0 Å². The van der Waals surface area contributed by atoms with Crippen LogP contribution in [0.3, 0.4) is 0 Å². The van der Waals surface area contributed by atoms with E-state index in [1.165, 1.54) is 0 Å². The molecule has 0 saturated carbocycles. The van der Waals surface area contributed by atoms with E-state index in [-0.39, 0.29) is 25.1 Å². The molecule has 0 spiro atoms. The molecular weight excluding hydrogens is 361 g/mol. The van der Waals surface area contributed by atoms with Crippen molar-refractivity contribution in [3.05, 3.63) is 58.6 Å². The van der Waals surface area contributed by atoms with Gasteiger partial charge in [-0.25, -0.2) is 0 Å². The number of aliphatic hydroxyl groups excluding tert-OH is 1. The van der Waals surface area contributed by atoms with Gasteiger partial charge >= 0.3 is 0 Å². The SMILES string of the molecule is CCC(CO)NCc1ccc(OCc2ccc(Cl)cc2)c(OC)c1.Cl. The number of methoxy groups -OCH3 is 1. The van der Waals surface area contributed by atoms with E-state index < -0.39 is 0 Å². The fourth-order valence-electron chi connectivity index (χ4n) is 2.28. The summed E-state index contributed by atoms with van der Waals surface area (Å²) in [4.78, 5) is 0. The second kappa shape index (κ2) is 11.2. The summed E-state index contributed by atoms with van der Waals surface area (Å²) < 4.78 is 11.3. The molecule has 0 aromatic heterocycles. The van der Waals surface area contributed by atoms with Gasteiger partial charge in [0.05, 0.1) is 13.7 Å². The molecule has 0 bridgehead atoms. The predicted octanol–water partition coefficient (Wildman–Crippen LogP) is 4.21. The zero-order valence-corrected chi connectivity index (χ0v) is 16.1. The van der Waals surface area contributed by atoms with Crippen LogP contribution in [0.25, 0.3) is 0 Å². The average Bonchev–Trinajstić information content (AvgIpc) is 2.62.